The van der Waals surface area contributed by atoms with Crippen LogP contribution in [-0.4, -0.2) is 9.97 Å². The van der Waals surface area contributed by atoms with E-state index < -0.39 is 0 Å². The van der Waals surface area contributed by atoms with E-state index in [0.29, 0.717) is 4.83 Å². The summed E-state index contributed by atoms with van der Waals surface area (Å²) in [5, 5.41) is 2.28. The van der Waals surface area contributed by atoms with Crippen LogP contribution in [0.25, 0.3) is 10.2 Å². The van der Waals surface area contributed by atoms with Gasteiger partial charge >= 0.3 is 0 Å². The molecule has 3 aromatic rings. The number of thiazole rings is 2. The third-order valence-electron chi connectivity index (χ3n) is 2.64. The van der Waals surface area contributed by atoms with Crippen molar-refractivity contribution in [3.63, 3.8) is 0 Å². The van der Waals surface area contributed by atoms with Gasteiger partial charge < -0.3 is 0 Å². The number of nitrogens with zero attached hydrogens (tertiary/aromatic N) is 2. The standard InChI is InChI=1S/C13H11BrN2S2/c1-8-15-7-12(17-8)9(14)6-13-16-10-4-2-3-5-11(10)18-13/h2-5,7,9H,6H2,1H3. The van der Waals surface area contributed by atoms with Crippen LogP contribution in [-0.2, 0) is 6.42 Å². The number of hydrogen-bond donors (Lipinski definition) is 0. The lowest BCUT2D eigenvalue weighted by Crippen LogP contribution is -1.91. The van der Waals surface area contributed by atoms with Crippen molar-refractivity contribution < 1.29 is 0 Å². The molecule has 3 rings (SSSR count). The van der Waals surface area contributed by atoms with Crippen LogP contribution in [0.2, 0.25) is 0 Å². The van der Waals surface area contributed by atoms with Crippen LogP contribution in [0.3, 0.4) is 0 Å². The summed E-state index contributed by atoms with van der Waals surface area (Å²) in [7, 11) is 0. The maximum absolute atomic E-state index is 4.66. The molecule has 2 heterocycles. The summed E-state index contributed by atoms with van der Waals surface area (Å²) in [6, 6.07) is 8.28. The highest BCUT2D eigenvalue weighted by atomic mass is 79.9. The number of hydrogen-bond acceptors (Lipinski definition) is 4. The van der Waals surface area contributed by atoms with Gasteiger partial charge in [-0.25, -0.2) is 9.97 Å². The number of aromatic nitrogens is 2. The lowest BCUT2D eigenvalue weighted by Gasteiger charge is -2.03. The monoisotopic (exact) mass is 338 g/mol. The average molecular weight is 339 g/mol. The van der Waals surface area contributed by atoms with Crippen LogP contribution < -0.4 is 0 Å². The fraction of sp³-hybridized carbons (Fsp3) is 0.231. The lowest BCUT2D eigenvalue weighted by molar-refractivity contribution is 0.953. The van der Waals surface area contributed by atoms with Crippen molar-refractivity contribution in [3.8, 4) is 0 Å². The van der Waals surface area contributed by atoms with Crippen LogP contribution in [0.5, 0.6) is 0 Å². The summed E-state index contributed by atoms with van der Waals surface area (Å²) in [6.45, 7) is 2.03. The van der Waals surface area contributed by atoms with Gasteiger partial charge in [0, 0.05) is 17.5 Å². The Balaban J connectivity index is 1.83. The second-order valence-electron chi connectivity index (χ2n) is 4.03. The van der Waals surface area contributed by atoms with Gasteiger partial charge in [0.25, 0.3) is 0 Å². The molecule has 18 heavy (non-hydrogen) atoms. The summed E-state index contributed by atoms with van der Waals surface area (Å²) in [4.78, 5) is 10.5. The Bertz CT molecular complexity index is 641. The number of para-hydroxylation sites is 1. The van der Waals surface area contributed by atoms with Crippen LogP contribution in [0.1, 0.15) is 19.7 Å². The van der Waals surface area contributed by atoms with E-state index in [-0.39, 0.29) is 0 Å². The summed E-state index contributed by atoms with van der Waals surface area (Å²) in [5.41, 5.74) is 1.10. The number of alkyl halides is 1. The molecule has 1 aromatic carbocycles. The molecular weight excluding hydrogens is 328 g/mol. The number of rotatable bonds is 3. The highest BCUT2D eigenvalue weighted by molar-refractivity contribution is 9.09. The molecule has 2 aromatic heterocycles. The molecule has 0 aliphatic rings. The fourth-order valence-corrected chi connectivity index (χ4v) is 4.48. The number of benzene rings is 1. The molecule has 1 unspecified atom stereocenters. The minimum Gasteiger partial charge on any atom is -0.250 e. The highest BCUT2D eigenvalue weighted by Gasteiger charge is 2.14. The van der Waals surface area contributed by atoms with Gasteiger partial charge in [0.1, 0.15) is 0 Å². The van der Waals surface area contributed by atoms with Gasteiger partial charge in [-0.1, -0.05) is 28.1 Å². The molecular formula is C13H11BrN2S2. The molecule has 0 spiro atoms. The van der Waals surface area contributed by atoms with Crippen molar-refractivity contribution >= 4 is 48.8 Å². The summed E-state index contributed by atoms with van der Waals surface area (Å²) >= 11 is 7.24. The Kier molecular flexibility index (Phi) is 3.46. The first kappa shape index (κ1) is 12.3. The number of fused-ring (bicyclic) bond motifs is 1. The third-order valence-corrected chi connectivity index (χ3v) is 5.85. The maximum atomic E-state index is 4.66. The molecule has 5 heteroatoms. The molecule has 0 saturated carbocycles. The molecule has 92 valence electrons. The summed E-state index contributed by atoms with van der Waals surface area (Å²) in [5.74, 6) is 0. The van der Waals surface area contributed by atoms with E-state index in [1.54, 1.807) is 22.7 Å². The van der Waals surface area contributed by atoms with Crippen LogP contribution in [0, 0.1) is 6.92 Å². The van der Waals surface area contributed by atoms with Crippen molar-refractivity contribution in [1.29, 1.82) is 0 Å². The Hall–Kier alpha value is -0.780. The van der Waals surface area contributed by atoms with Crippen molar-refractivity contribution in [2.24, 2.45) is 0 Å². The first-order chi connectivity index (χ1) is 8.72. The van der Waals surface area contributed by atoms with E-state index in [4.69, 9.17) is 0 Å². The van der Waals surface area contributed by atoms with E-state index in [2.05, 4.69) is 44.1 Å². The quantitative estimate of drug-likeness (QED) is 0.644. The van der Waals surface area contributed by atoms with Gasteiger partial charge in [-0.15, -0.1) is 22.7 Å². The molecule has 0 saturated heterocycles. The van der Waals surface area contributed by atoms with Gasteiger partial charge in [0.15, 0.2) is 0 Å². The smallest absolute Gasteiger partial charge is 0.0953 e. The zero-order valence-corrected chi connectivity index (χ0v) is 13.0. The molecule has 0 N–H and O–H groups in total. The largest absolute Gasteiger partial charge is 0.250 e. The van der Waals surface area contributed by atoms with Gasteiger partial charge in [-0.2, -0.15) is 0 Å². The number of aryl methyl sites for hydroxylation is 1. The van der Waals surface area contributed by atoms with Crippen LogP contribution in [0.4, 0.5) is 0 Å². The minimum absolute atomic E-state index is 0.310. The van der Waals surface area contributed by atoms with E-state index in [1.807, 2.05) is 19.2 Å². The van der Waals surface area contributed by atoms with E-state index >= 15 is 0 Å². The minimum atomic E-state index is 0.310. The van der Waals surface area contributed by atoms with Gasteiger partial charge in [0.05, 0.1) is 25.1 Å². The predicted octanol–water partition coefficient (Wildman–Crippen LogP) is 4.74. The van der Waals surface area contributed by atoms with Crippen molar-refractivity contribution in [2.45, 2.75) is 18.2 Å². The van der Waals surface area contributed by atoms with Crippen LogP contribution >= 0.6 is 38.6 Å². The van der Waals surface area contributed by atoms with E-state index in [9.17, 15) is 0 Å². The van der Waals surface area contributed by atoms with Crippen LogP contribution in [0.15, 0.2) is 30.5 Å². The highest BCUT2D eigenvalue weighted by Crippen LogP contribution is 2.33. The van der Waals surface area contributed by atoms with E-state index in [0.717, 1.165) is 16.9 Å². The Labute approximate surface area is 122 Å². The van der Waals surface area contributed by atoms with E-state index in [1.165, 1.54) is 14.6 Å². The Morgan fingerprint density at radius 2 is 2.11 bits per heavy atom. The van der Waals surface area contributed by atoms with Gasteiger partial charge in [-0.05, 0) is 19.1 Å². The summed E-state index contributed by atoms with van der Waals surface area (Å²) in [6.07, 6.45) is 2.87. The zero-order valence-electron chi connectivity index (χ0n) is 9.76. The molecule has 0 fully saturated rings. The fourth-order valence-electron chi connectivity index (χ4n) is 1.78. The molecule has 2 nitrogen and oxygen atoms in total. The molecule has 1 atom stereocenters. The van der Waals surface area contributed by atoms with Crippen molar-refractivity contribution in [1.82, 2.24) is 9.97 Å². The summed E-state index contributed by atoms with van der Waals surface area (Å²) < 4.78 is 1.26. The topological polar surface area (TPSA) is 25.8 Å². The molecule has 0 aliphatic heterocycles. The maximum Gasteiger partial charge on any atom is 0.0953 e. The third kappa shape index (κ3) is 2.48. The van der Waals surface area contributed by atoms with Gasteiger partial charge in [-0.3, -0.25) is 0 Å². The Morgan fingerprint density at radius 3 is 2.83 bits per heavy atom. The Morgan fingerprint density at radius 1 is 1.28 bits per heavy atom. The number of halogens is 1. The zero-order chi connectivity index (χ0) is 12.5. The molecule has 0 amide bonds. The first-order valence-corrected chi connectivity index (χ1v) is 8.18. The SMILES string of the molecule is Cc1ncc(C(Br)Cc2nc3ccccc3s2)s1. The molecule has 0 bridgehead atoms. The van der Waals surface area contributed by atoms with Crippen molar-refractivity contribution in [2.75, 3.05) is 0 Å². The second-order valence-corrected chi connectivity index (χ2v) is 7.52. The first-order valence-electron chi connectivity index (χ1n) is 5.63. The van der Waals surface area contributed by atoms with Gasteiger partial charge in [0.2, 0.25) is 0 Å². The average Bonchev–Trinajstić information content (AvgIpc) is 2.94. The second kappa shape index (κ2) is 5.07. The lowest BCUT2D eigenvalue weighted by atomic mass is 10.3. The molecule has 0 radical (unpaired) electrons. The predicted molar refractivity (Wildman–Crippen MR) is 81.8 cm³/mol. The van der Waals surface area contributed by atoms with Crippen molar-refractivity contribution in [3.05, 3.63) is 45.4 Å². The normalized spacial score (nSPS) is 13.0. The molecule has 0 aliphatic carbocycles.